The molecule has 0 aliphatic carbocycles. The average molecular weight is 355 g/mol. The van der Waals surface area contributed by atoms with Crippen LogP contribution < -0.4 is 0 Å². The molecule has 1 unspecified atom stereocenters. The van der Waals surface area contributed by atoms with Gasteiger partial charge in [0, 0.05) is 36.0 Å². The minimum absolute atomic E-state index is 0.0864. The number of H-pyrrole nitrogens is 1. The molecule has 0 radical (unpaired) electrons. The highest BCUT2D eigenvalue weighted by Gasteiger charge is 2.38. The van der Waals surface area contributed by atoms with Crippen LogP contribution in [0.5, 0.6) is 0 Å². The van der Waals surface area contributed by atoms with E-state index in [1.54, 1.807) is 22.7 Å². The lowest BCUT2D eigenvalue weighted by molar-refractivity contribution is -0.134. The zero-order valence-electron chi connectivity index (χ0n) is 13.4. The van der Waals surface area contributed by atoms with E-state index in [0.29, 0.717) is 23.2 Å². The number of aromatic amines is 1. The number of aromatic nitrogens is 2. The molecule has 8 heteroatoms. The first-order chi connectivity index (χ1) is 11.1. The quantitative estimate of drug-likeness (QED) is 0.893. The van der Waals surface area contributed by atoms with Gasteiger partial charge in [-0.05, 0) is 12.0 Å². The standard InChI is InChI=1S/C15H22N4O2S2/c1-10(2)11-7-12(17-16-11)14(20)19-9-23-8-13(19)15(21)18-3-5-22-6-4-18/h7,10,13H,3-6,8-9H2,1-2H3,(H,16,17). The van der Waals surface area contributed by atoms with Crippen molar-refractivity contribution in [1.82, 2.24) is 20.0 Å². The zero-order valence-corrected chi connectivity index (χ0v) is 15.1. The first-order valence-electron chi connectivity index (χ1n) is 7.88. The molecule has 1 aromatic heterocycles. The highest BCUT2D eigenvalue weighted by atomic mass is 32.2. The van der Waals surface area contributed by atoms with Gasteiger partial charge in [-0.15, -0.1) is 11.8 Å². The Morgan fingerprint density at radius 3 is 2.70 bits per heavy atom. The molecule has 0 aromatic carbocycles. The van der Waals surface area contributed by atoms with Gasteiger partial charge in [0.25, 0.3) is 5.91 Å². The lowest BCUT2D eigenvalue weighted by Crippen LogP contribution is -2.51. The zero-order chi connectivity index (χ0) is 16.4. The van der Waals surface area contributed by atoms with Crippen molar-refractivity contribution < 1.29 is 9.59 Å². The Kier molecular flexibility index (Phi) is 5.21. The fraction of sp³-hybridized carbons (Fsp3) is 0.667. The van der Waals surface area contributed by atoms with E-state index in [2.05, 4.69) is 10.2 Å². The van der Waals surface area contributed by atoms with Crippen LogP contribution in [0.2, 0.25) is 0 Å². The molecule has 2 amide bonds. The van der Waals surface area contributed by atoms with Crippen LogP contribution in [0.4, 0.5) is 0 Å². The fourth-order valence-corrected chi connectivity index (χ4v) is 4.78. The van der Waals surface area contributed by atoms with Crippen molar-refractivity contribution in [1.29, 1.82) is 0 Å². The Morgan fingerprint density at radius 1 is 1.30 bits per heavy atom. The van der Waals surface area contributed by atoms with Crippen molar-refractivity contribution >= 4 is 35.3 Å². The number of nitrogens with zero attached hydrogens (tertiary/aromatic N) is 3. The Bertz CT molecular complexity index is 584. The van der Waals surface area contributed by atoms with E-state index in [0.717, 1.165) is 30.3 Å². The average Bonchev–Trinajstić information content (AvgIpc) is 3.23. The second kappa shape index (κ2) is 7.17. The summed E-state index contributed by atoms with van der Waals surface area (Å²) in [7, 11) is 0. The molecule has 2 saturated heterocycles. The summed E-state index contributed by atoms with van der Waals surface area (Å²) in [4.78, 5) is 29.1. The Labute approximate surface area is 144 Å². The van der Waals surface area contributed by atoms with Crippen LogP contribution in [-0.2, 0) is 4.79 Å². The molecule has 0 spiro atoms. The van der Waals surface area contributed by atoms with E-state index in [1.165, 1.54) is 0 Å². The molecule has 3 rings (SSSR count). The third-order valence-corrected chi connectivity index (χ3v) is 6.14. The number of carbonyl (C=O) groups excluding carboxylic acids is 2. The Morgan fingerprint density at radius 2 is 2.04 bits per heavy atom. The third-order valence-electron chi connectivity index (χ3n) is 4.19. The van der Waals surface area contributed by atoms with E-state index < -0.39 is 0 Å². The van der Waals surface area contributed by atoms with Gasteiger partial charge in [0.15, 0.2) is 0 Å². The second-order valence-corrected chi connectivity index (χ2v) is 8.32. The van der Waals surface area contributed by atoms with Crippen LogP contribution in [0.1, 0.15) is 35.9 Å². The molecule has 23 heavy (non-hydrogen) atoms. The highest BCUT2D eigenvalue weighted by molar-refractivity contribution is 7.99. The number of rotatable bonds is 3. The van der Waals surface area contributed by atoms with E-state index in [1.807, 2.05) is 30.5 Å². The maximum absolute atomic E-state index is 12.7. The Balaban J connectivity index is 1.72. The smallest absolute Gasteiger partial charge is 0.275 e. The van der Waals surface area contributed by atoms with E-state index >= 15 is 0 Å². The van der Waals surface area contributed by atoms with Gasteiger partial charge in [-0.2, -0.15) is 16.9 Å². The summed E-state index contributed by atoms with van der Waals surface area (Å²) >= 11 is 3.51. The van der Waals surface area contributed by atoms with Gasteiger partial charge in [-0.3, -0.25) is 14.7 Å². The normalized spacial score (nSPS) is 22.0. The molecule has 6 nitrogen and oxygen atoms in total. The largest absolute Gasteiger partial charge is 0.339 e. The van der Waals surface area contributed by atoms with Crippen molar-refractivity contribution in [3.05, 3.63) is 17.5 Å². The summed E-state index contributed by atoms with van der Waals surface area (Å²) in [5.74, 6) is 3.43. The number of amides is 2. The number of nitrogens with one attached hydrogen (secondary N) is 1. The number of thioether (sulfide) groups is 2. The molecular formula is C15H22N4O2S2. The van der Waals surface area contributed by atoms with Crippen LogP contribution in [0.25, 0.3) is 0 Å². The van der Waals surface area contributed by atoms with Crippen molar-refractivity contribution in [3.8, 4) is 0 Å². The Hall–Kier alpha value is -1.15. The number of carbonyl (C=O) groups is 2. The van der Waals surface area contributed by atoms with Crippen LogP contribution in [0.15, 0.2) is 6.07 Å². The summed E-state index contributed by atoms with van der Waals surface area (Å²) in [6.45, 7) is 5.67. The predicted octanol–water partition coefficient (Wildman–Crippen LogP) is 1.62. The van der Waals surface area contributed by atoms with Gasteiger partial charge in [-0.1, -0.05) is 13.8 Å². The maximum atomic E-state index is 12.7. The van der Waals surface area contributed by atoms with Gasteiger partial charge in [0.05, 0.1) is 5.88 Å². The third kappa shape index (κ3) is 3.52. The van der Waals surface area contributed by atoms with Crippen LogP contribution >= 0.6 is 23.5 Å². The molecule has 2 aliphatic heterocycles. The second-order valence-electron chi connectivity index (χ2n) is 6.09. The highest BCUT2D eigenvalue weighted by Crippen LogP contribution is 2.25. The summed E-state index contributed by atoms with van der Waals surface area (Å²) in [5, 5.41) is 7.05. The summed E-state index contributed by atoms with van der Waals surface area (Å²) in [6, 6.07) is 1.45. The topological polar surface area (TPSA) is 69.3 Å². The molecule has 1 N–H and O–H groups in total. The fourth-order valence-electron chi connectivity index (χ4n) is 2.73. The number of hydrogen-bond acceptors (Lipinski definition) is 5. The van der Waals surface area contributed by atoms with E-state index in [9.17, 15) is 9.59 Å². The summed E-state index contributed by atoms with van der Waals surface area (Å²) in [6.07, 6.45) is 0. The van der Waals surface area contributed by atoms with Gasteiger partial charge in [-0.25, -0.2) is 0 Å². The maximum Gasteiger partial charge on any atom is 0.275 e. The summed E-state index contributed by atoms with van der Waals surface area (Å²) in [5.41, 5.74) is 1.35. The first kappa shape index (κ1) is 16.7. The molecule has 1 atom stereocenters. The minimum Gasteiger partial charge on any atom is -0.339 e. The minimum atomic E-state index is -0.352. The van der Waals surface area contributed by atoms with E-state index in [4.69, 9.17) is 0 Å². The molecular weight excluding hydrogens is 332 g/mol. The van der Waals surface area contributed by atoms with Gasteiger partial charge < -0.3 is 9.80 Å². The van der Waals surface area contributed by atoms with Gasteiger partial charge in [0.2, 0.25) is 5.91 Å². The molecule has 2 fully saturated rings. The number of hydrogen-bond donors (Lipinski definition) is 1. The monoisotopic (exact) mass is 354 g/mol. The van der Waals surface area contributed by atoms with Crippen molar-refractivity contribution in [2.45, 2.75) is 25.8 Å². The van der Waals surface area contributed by atoms with Gasteiger partial charge >= 0.3 is 0 Å². The molecule has 1 aromatic rings. The SMILES string of the molecule is CC(C)c1cc(C(=O)N2CSCC2C(=O)N2CCSCC2)n[nH]1. The molecule has 0 saturated carbocycles. The lowest BCUT2D eigenvalue weighted by Gasteiger charge is -2.31. The molecule has 2 aliphatic rings. The molecule has 0 bridgehead atoms. The summed E-state index contributed by atoms with van der Waals surface area (Å²) < 4.78 is 0. The molecule has 126 valence electrons. The predicted molar refractivity (Wildman–Crippen MR) is 93.9 cm³/mol. The van der Waals surface area contributed by atoms with E-state index in [-0.39, 0.29) is 17.9 Å². The van der Waals surface area contributed by atoms with Crippen molar-refractivity contribution in [2.24, 2.45) is 0 Å². The van der Waals surface area contributed by atoms with Crippen molar-refractivity contribution in [2.75, 3.05) is 36.2 Å². The van der Waals surface area contributed by atoms with Crippen molar-refractivity contribution in [3.63, 3.8) is 0 Å². The first-order valence-corrected chi connectivity index (χ1v) is 10.2. The van der Waals surface area contributed by atoms with Crippen LogP contribution in [0, 0.1) is 0 Å². The molecule has 3 heterocycles. The van der Waals surface area contributed by atoms with Gasteiger partial charge in [0.1, 0.15) is 11.7 Å². The van der Waals surface area contributed by atoms with Crippen LogP contribution in [-0.4, -0.2) is 74.1 Å². The van der Waals surface area contributed by atoms with Crippen LogP contribution in [0.3, 0.4) is 0 Å². The lowest BCUT2D eigenvalue weighted by atomic mass is 10.1.